The molecule has 0 aliphatic heterocycles. The van der Waals surface area contributed by atoms with Crippen LogP contribution in [0.2, 0.25) is 10.0 Å². The van der Waals surface area contributed by atoms with Gasteiger partial charge in [-0.05, 0) is 42.3 Å². The van der Waals surface area contributed by atoms with Crippen LogP contribution in [0.1, 0.15) is 15.9 Å². The van der Waals surface area contributed by atoms with E-state index in [1.807, 2.05) is 0 Å². The molecule has 4 aromatic rings. The Kier molecular flexibility index (Phi) is 5.75. The first-order valence-corrected chi connectivity index (χ1v) is 10.2. The van der Waals surface area contributed by atoms with Gasteiger partial charge >= 0.3 is 0 Å². The molecule has 9 nitrogen and oxygen atoms in total. The van der Waals surface area contributed by atoms with Gasteiger partial charge < -0.3 is 16.2 Å². The Morgan fingerprint density at radius 2 is 1.85 bits per heavy atom. The Morgan fingerprint density at radius 3 is 2.48 bits per heavy atom. The van der Waals surface area contributed by atoms with Gasteiger partial charge in [0.05, 0.1) is 25.9 Å². The lowest BCUT2D eigenvalue weighted by atomic mass is 9.97. The van der Waals surface area contributed by atoms with E-state index in [9.17, 15) is 20.0 Å². The zero-order chi connectivity index (χ0) is 23.9. The van der Waals surface area contributed by atoms with Gasteiger partial charge in [0, 0.05) is 28.9 Å². The average Bonchev–Trinajstić information content (AvgIpc) is 2.75. The second-order valence-corrected chi connectivity index (χ2v) is 7.98. The number of carbonyl (C=O) groups is 1. The van der Waals surface area contributed by atoms with Gasteiger partial charge in [0.2, 0.25) is 17.7 Å². The standard InChI is InChI=1S/C22H15Cl2N5O4/c1-10-6-11(2-4-14(10)20(25)30)15-8-13(29(32)33)9-16-19(15)27-22(28-21(16)31)26-12-3-5-17(23)18(24)7-12/h2-9H,1H3,(H2,25,30)(H2,26,27,28,31). The van der Waals surface area contributed by atoms with Crippen molar-refractivity contribution >= 4 is 57.3 Å². The van der Waals surface area contributed by atoms with Crippen LogP contribution in [-0.2, 0) is 0 Å². The fraction of sp³-hybridized carbons (Fsp3) is 0.0455. The van der Waals surface area contributed by atoms with E-state index in [0.29, 0.717) is 38.0 Å². The number of carbonyl (C=O) groups excluding carboxylic acids is 1. The van der Waals surface area contributed by atoms with E-state index in [0.717, 1.165) is 0 Å². The summed E-state index contributed by atoms with van der Waals surface area (Å²) in [5, 5.41) is 25.8. The van der Waals surface area contributed by atoms with Gasteiger partial charge in [-0.2, -0.15) is 4.98 Å². The highest BCUT2D eigenvalue weighted by molar-refractivity contribution is 6.42. The monoisotopic (exact) mass is 483 g/mol. The van der Waals surface area contributed by atoms with E-state index in [-0.39, 0.29) is 22.5 Å². The normalized spacial score (nSPS) is 10.9. The van der Waals surface area contributed by atoms with Crippen molar-refractivity contribution in [1.82, 2.24) is 9.97 Å². The molecule has 0 atom stereocenters. The molecule has 0 saturated heterocycles. The van der Waals surface area contributed by atoms with Gasteiger partial charge in [-0.15, -0.1) is 0 Å². The number of anilines is 2. The maximum Gasteiger partial charge on any atom is 0.271 e. The van der Waals surface area contributed by atoms with Crippen LogP contribution in [0.25, 0.3) is 22.0 Å². The summed E-state index contributed by atoms with van der Waals surface area (Å²) in [6.07, 6.45) is 0. The number of fused-ring (bicyclic) bond motifs is 1. The number of halogens is 2. The number of nitrogens with two attached hydrogens (primary N) is 1. The van der Waals surface area contributed by atoms with Gasteiger partial charge in [0.15, 0.2) is 0 Å². The second kappa shape index (κ2) is 8.53. The number of aromatic hydroxyl groups is 1. The van der Waals surface area contributed by atoms with Gasteiger partial charge in [-0.1, -0.05) is 35.3 Å². The van der Waals surface area contributed by atoms with Crippen LogP contribution in [-0.4, -0.2) is 25.9 Å². The number of nitrogens with one attached hydrogen (secondary N) is 1. The van der Waals surface area contributed by atoms with Crippen molar-refractivity contribution in [3.8, 4) is 17.0 Å². The molecule has 0 aliphatic rings. The maximum atomic E-state index is 11.6. The Morgan fingerprint density at radius 1 is 1.09 bits per heavy atom. The van der Waals surface area contributed by atoms with E-state index >= 15 is 0 Å². The number of rotatable bonds is 5. The number of nitrogens with zero attached hydrogens (tertiary/aromatic N) is 3. The molecule has 4 N–H and O–H groups in total. The number of benzene rings is 3. The summed E-state index contributed by atoms with van der Waals surface area (Å²) in [6, 6.07) is 12.2. The lowest BCUT2D eigenvalue weighted by Gasteiger charge is -2.12. The number of amides is 1. The molecular formula is C22H15Cl2N5O4. The predicted molar refractivity (Wildman–Crippen MR) is 126 cm³/mol. The SMILES string of the molecule is Cc1cc(-c2cc([N+](=O)[O-])cc3c(O)nc(Nc4ccc(Cl)c(Cl)c4)nc23)ccc1C(N)=O. The smallest absolute Gasteiger partial charge is 0.271 e. The van der Waals surface area contributed by atoms with E-state index in [4.69, 9.17) is 28.9 Å². The fourth-order valence-electron chi connectivity index (χ4n) is 3.39. The number of aromatic nitrogens is 2. The summed E-state index contributed by atoms with van der Waals surface area (Å²) in [5.74, 6) is -0.993. The summed E-state index contributed by atoms with van der Waals surface area (Å²) >= 11 is 12.0. The number of nitro groups is 1. The van der Waals surface area contributed by atoms with Crippen molar-refractivity contribution in [3.05, 3.63) is 79.8 Å². The van der Waals surface area contributed by atoms with Crippen molar-refractivity contribution < 1.29 is 14.8 Å². The van der Waals surface area contributed by atoms with Crippen molar-refractivity contribution in [2.24, 2.45) is 5.73 Å². The molecule has 0 saturated carbocycles. The molecule has 0 bridgehead atoms. The number of hydrogen-bond acceptors (Lipinski definition) is 7. The first kappa shape index (κ1) is 22.3. The van der Waals surface area contributed by atoms with Gasteiger partial charge in [-0.25, -0.2) is 4.98 Å². The topological polar surface area (TPSA) is 144 Å². The van der Waals surface area contributed by atoms with Gasteiger partial charge in [0.1, 0.15) is 0 Å². The van der Waals surface area contributed by atoms with E-state index in [1.54, 1.807) is 37.3 Å². The Labute approximate surface area is 197 Å². The Hall–Kier alpha value is -3.95. The Balaban J connectivity index is 1.92. The highest BCUT2D eigenvalue weighted by atomic mass is 35.5. The molecule has 1 heterocycles. The summed E-state index contributed by atoms with van der Waals surface area (Å²) < 4.78 is 0. The first-order chi connectivity index (χ1) is 15.6. The van der Waals surface area contributed by atoms with Crippen LogP contribution in [0.4, 0.5) is 17.3 Å². The lowest BCUT2D eigenvalue weighted by Crippen LogP contribution is -2.12. The molecule has 166 valence electrons. The zero-order valence-electron chi connectivity index (χ0n) is 17.0. The predicted octanol–water partition coefficient (Wildman–Crippen LogP) is 5.37. The average molecular weight is 484 g/mol. The minimum atomic E-state index is -0.587. The molecule has 1 amide bonds. The molecule has 11 heteroatoms. The summed E-state index contributed by atoms with van der Waals surface area (Å²) in [5.41, 5.74) is 7.75. The largest absolute Gasteiger partial charge is 0.493 e. The van der Waals surface area contributed by atoms with Crippen LogP contribution < -0.4 is 11.1 Å². The molecule has 0 fully saturated rings. The Bertz CT molecular complexity index is 1460. The summed E-state index contributed by atoms with van der Waals surface area (Å²) in [7, 11) is 0. The molecule has 0 spiro atoms. The van der Waals surface area contributed by atoms with Gasteiger partial charge in [0.25, 0.3) is 5.69 Å². The minimum absolute atomic E-state index is 0.0407. The molecule has 0 unspecified atom stereocenters. The zero-order valence-corrected chi connectivity index (χ0v) is 18.5. The minimum Gasteiger partial charge on any atom is -0.493 e. The maximum absolute atomic E-state index is 11.6. The molecule has 3 aromatic carbocycles. The van der Waals surface area contributed by atoms with E-state index < -0.39 is 16.7 Å². The second-order valence-electron chi connectivity index (χ2n) is 7.17. The van der Waals surface area contributed by atoms with Gasteiger partial charge in [-0.3, -0.25) is 14.9 Å². The van der Waals surface area contributed by atoms with Crippen LogP contribution in [0.5, 0.6) is 5.88 Å². The van der Waals surface area contributed by atoms with Crippen molar-refractivity contribution in [1.29, 1.82) is 0 Å². The quantitative estimate of drug-likeness (QED) is 0.255. The van der Waals surface area contributed by atoms with Crippen molar-refractivity contribution in [2.45, 2.75) is 6.92 Å². The summed E-state index contributed by atoms with van der Waals surface area (Å²) in [4.78, 5) is 31.0. The third-order valence-corrected chi connectivity index (χ3v) is 5.69. The van der Waals surface area contributed by atoms with Crippen LogP contribution in [0.3, 0.4) is 0 Å². The number of aryl methyl sites for hydroxylation is 1. The number of primary amides is 1. The third kappa shape index (κ3) is 4.36. The van der Waals surface area contributed by atoms with Crippen LogP contribution in [0.15, 0.2) is 48.5 Å². The molecule has 0 aliphatic carbocycles. The molecule has 1 aromatic heterocycles. The summed E-state index contributed by atoms with van der Waals surface area (Å²) in [6.45, 7) is 1.70. The van der Waals surface area contributed by atoms with E-state index in [2.05, 4.69) is 15.3 Å². The molecular weight excluding hydrogens is 469 g/mol. The van der Waals surface area contributed by atoms with E-state index in [1.165, 1.54) is 18.2 Å². The van der Waals surface area contributed by atoms with Crippen molar-refractivity contribution in [2.75, 3.05) is 5.32 Å². The number of non-ortho nitro benzene ring substituents is 1. The molecule has 33 heavy (non-hydrogen) atoms. The van der Waals surface area contributed by atoms with Crippen LogP contribution in [0, 0.1) is 17.0 Å². The first-order valence-electron chi connectivity index (χ1n) is 9.46. The highest BCUT2D eigenvalue weighted by Crippen LogP contribution is 2.37. The third-order valence-electron chi connectivity index (χ3n) is 4.95. The lowest BCUT2D eigenvalue weighted by molar-refractivity contribution is -0.384. The molecule has 4 rings (SSSR count). The highest BCUT2D eigenvalue weighted by Gasteiger charge is 2.19. The molecule has 0 radical (unpaired) electrons. The fourth-order valence-corrected chi connectivity index (χ4v) is 3.69. The van der Waals surface area contributed by atoms with Crippen LogP contribution >= 0.6 is 23.2 Å². The number of nitro benzene ring substituents is 1. The van der Waals surface area contributed by atoms with Crippen molar-refractivity contribution in [3.63, 3.8) is 0 Å². The number of hydrogen-bond donors (Lipinski definition) is 3.